The molecule has 0 aromatic heterocycles. The largest absolute Gasteiger partial charge is 0.508 e. The first-order valence-corrected chi connectivity index (χ1v) is 13.1. The van der Waals surface area contributed by atoms with Crippen molar-refractivity contribution in [1.29, 1.82) is 0 Å². The van der Waals surface area contributed by atoms with E-state index in [0.717, 1.165) is 55.8 Å². The summed E-state index contributed by atoms with van der Waals surface area (Å²) in [5, 5.41) is 9.77. The van der Waals surface area contributed by atoms with Crippen molar-refractivity contribution in [1.82, 2.24) is 9.62 Å². The first-order valence-electron chi connectivity index (χ1n) is 11.2. The lowest BCUT2D eigenvalue weighted by Gasteiger charge is -2.36. The quantitative estimate of drug-likeness (QED) is 0.563. The Labute approximate surface area is 200 Å². The molecule has 1 saturated heterocycles. The van der Waals surface area contributed by atoms with Gasteiger partial charge >= 0.3 is 0 Å². The zero-order valence-corrected chi connectivity index (χ0v) is 20.2. The normalized spacial score (nSPS) is 14.7. The molecule has 3 aromatic rings. The van der Waals surface area contributed by atoms with Gasteiger partial charge in [0, 0.05) is 44.0 Å². The molecule has 0 saturated carbocycles. The average molecular weight is 480 g/mol. The third-order valence-corrected chi connectivity index (χ3v) is 6.56. The summed E-state index contributed by atoms with van der Waals surface area (Å²) in [6, 6.07) is 20.8. The van der Waals surface area contributed by atoms with Crippen molar-refractivity contribution in [3.8, 4) is 16.9 Å². The number of carbonyl (C=O) groups excluding carboxylic acids is 1. The fraction of sp³-hybridized carbons (Fsp3) is 0.269. The topological polar surface area (TPSA) is 90.0 Å². The van der Waals surface area contributed by atoms with Crippen LogP contribution in [0.2, 0.25) is 0 Å². The van der Waals surface area contributed by atoms with Crippen molar-refractivity contribution in [3.63, 3.8) is 0 Å². The second-order valence-corrected chi connectivity index (χ2v) is 10.5. The van der Waals surface area contributed by atoms with Crippen LogP contribution in [0.1, 0.15) is 21.5 Å². The predicted octanol–water partition coefficient (Wildman–Crippen LogP) is 3.38. The monoisotopic (exact) mass is 479 g/mol. The second kappa shape index (κ2) is 9.87. The van der Waals surface area contributed by atoms with Gasteiger partial charge in [-0.2, -0.15) is 0 Å². The summed E-state index contributed by atoms with van der Waals surface area (Å²) >= 11 is 0. The highest BCUT2D eigenvalue weighted by atomic mass is 32.2. The Hall–Kier alpha value is -3.36. The Balaban J connectivity index is 1.33. The lowest BCUT2D eigenvalue weighted by atomic mass is 9.98. The number of piperazine rings is 1. The van der Waals surface area contributed by atoms with Crippen molar-refractivity contribution in [2.75, 3.05) is 37.3 Å². The SMILES string of the molecule is Cc1cc(CN2CCN(c3ccc(C(=O)NS(C)(=O)=O)cc3)CC2)ccc1-c1cccc(O)c1. The van der Waals surface area contributed by atoms with Gasteiger partial charge in [0.1, 0.15) is 5.75 Å². The minimum Gasteiger partial charge on any atom is -0.508 e. The molecule has 4 rings (SSSR count). The molecule has 178 valence electrons. The number of amides is 1. The summed E-state index contributed by atoms with van der Waals surface area (Å²) in [7, 11) is -3.58. The smallest absolute Gasteiger partial charge is 0.264 e. The van der Waals surface area contributed by atoms with E-state index in [9.17, 15) is 18.3 Å². The minimum absolute atomic E-state index is 0.269. The lowest BCUT2D eigenvalue weighted by molar-refractivity contribution is 0.0981. The van der Waals surface area contributed by atoms with Crippen LogP contribution in [0.3, 0.4) is 0 Å². The van der Waals surface area contributed by atoms with Crippen LogP contribution >= 0.6 is 0 Å². The summed E-state index contributed by atoms with van der Waals surface area (Å²) in [6.45, 7) is 6.55. The van der Waals surface area contributed by atoms with Gasteiger partial charge in [-0.1, -0.05) is 30.3 Å². The van der Waals surface area contributed by atoms with Crippen molar-refractivity contribution in [3.05, 3.63) is 83.4 Å². The van der Waals surface area contributed by atoms with Crippen LogP contribution in [0.5, 0.6) is 5.75 Å². The Morgan fingerprint density at radius 3 is 2.29 bits per heavy atom. The molecule has 1 amide bonds. The number of benzene rings is 3. The number of aromatic hydroxyl groups is 1. The van der Waals surface area contributed by atoms with Gasteiger partial charge < -0.3 is 10.0 Å². The Morgan fingerprint density at radius 1 is 0.971 bits per heavy atom. The van der Waals surface area contributed by atoms with Crippen LogP contribution in [-0.4, -0.2) is 56.8 Å². The summed E-state index contributed by atoms with van der Waals surface area (Å²) in [5.41, 5.74) is 5.91. The lowest BCUT2D eigenvalue weighted by Crippen LogP contribution is -2.46. The molecule has 0 radical (unpaired) electrons. The van der Waals surface area contributed by atoms with Crippen molar-refractivity contribution in [2.24, 2.45) is 0 Å². The number of hydrogen-bond donors (Lipinski definition) is 2. The summed E-state index contributed by atoms with van der Waals surface area (Å²) in [6.07, 6.45) is 0.962. The average Bonchev–Trinajstić information content (AvgIpc) is 2.79. The highest BCUT2D eigenvalue weighted by Crippen LogP contribution is 2.27. The number of phenols is 1. The van der Waals surface area contributed by atoms with E-state index in [1.54, 1.807) is 24.3 Å². The maximum absolute atomic E-state index is 12.0. The molecule has 1 aliphatic rings. The number of phenolic OH excluding ortho intramolecular Hbond substituents is 1. The van der Waals surface area contributed by atoms with E-state index in [-0.39, 0.29) is 5.75 Å². The van der Waals surface area contributed by atoms with E-state index in [1.165, 1.54) is 11.1 Å². The molecular formula is C26H29N3O4S. The molecule has 1 fully saturated rings. The second-order valence-electron chi connectivity index (χ2n) is 8.71. The number of hydrogen-bond acceptors (Lipinski definition) is 6. The highest BCUT2D eigenvalue weighted by molar-refractivity contribution is 7.89. The van der Waals surface area contributed by atoms with E-state index in [4.69, 9.17) is 0 Å². The molecule has 0 aliphatic carbocycles. The number of rotatable bonds is 6. The molecule has 2 N–H and O–H groups in total. The summed E-state index contributed by atoms with van der Waals surface area (Å²) in [5.74, 6) is -0.352. The molecule has 7 nitrogen and oxygen atoms in total. The molecular weight excluding hydrogens is 450 g/mol. The van der Waals surface area contributed by atoms with Crippen LogP contribution in [-0.2, 0) is 16.6 Å². The zero-order chi connectivity index (χ0) is 24.3. The van der Waals surface area contributed by atoms with Gasteiger partial charge in [0.25, 0.3) is 5.91 Å². The summed E-state index contributed by atoms with van der Waals surface area (Å²) < 4.78 is 24.5. The number of nitrogens with zero attached hydrogens (tertiary/aromatic N) is 2. The molecule has 34 heavy (non-hydrogen) atoms. The number of aryl methyl sites for hydroxylation is 1. The van der Waals surface area contributed by atoms with Gasteiger partial charge in [-0.3, -0.25) is 9.69 Å². The van der Waals surface area contributed by atoms with E-state index in [1.807, 2.05) is 29.0 Å². The van der Waals surface area contributed by atoms with E-state index < -0.39 is 15.9 Å². The van der Waals surface area contributed by atoms with Gasteiger partial charge in [-0.25, -0.2) is 13.1 Å². The number of sulfonamides is 1. The molecule has 0 atom stereocenters. The fourth-order valence-electron chi connectivity index (χ4n) is 4.29. The zero-order valence-electron chi connectivity index (χ0n) is 19.4. The minimum atomic E-state index is -3.58. The van der Waals surface area contributed by atoms with Gasteiger partial charge in [-0.05, 0) is 65.6 Å². The van der Waals surface area contributed by atoms with Crippen LogP contribution < -0.4 is 9.62 Å². The highest BCUT2D eigenvalue weighted by Gasteiger charge is 2.18. The Morgan fingerprint density at radius 2 is 1.68 bits per heavy atom. The van der Waals surface area contributed by atoms with Crippen LogP contribution in [0, 0.1) is 6.92 Å². The molecule has 0 spiro atoms. The molecule has 1 heterocycles. The van der Waals surface area contributed by atoms with Crippen LogP contribution in [0.25, 0.3) is 11.1 Å². The molecule has 0 bridgehead atoms. The summed E-state index contributed by atoms with van der Waals surface area (Å²) in [4.78, 5) is 16.7. The predicted molar refractivity (Wildman–Crippen MR) is 135 cm³/mol. The molecule has 1 aliphatic heterocycles. The van der Waals surface area contributed by atoms with E-state index >= 15 is 0 Å². The molecule has 8 heteroatoms. The number of anilines is 1. The first-order chi connectivity index (χ1) is 16.2. The van der Waals surface area contributed by atoms with Gasteiger partial charge in [0.15, 0.2) is 0 Å². The Bertz CT molecular complexity index is 1280. The van der Waals surface area contributed by atoms with E-state index in [2.05, 4.69) is 34.9 Å². The van der Waals surface area contributed by atoms with Gasteiger partial charge in [-0.15, -0.1) is 0 Å². The van der Waals surface area contributed by atoms with Crippen LogP contribution in [0.15, 0.2) is 66.7 Å². The number of carbonyl (C=O) groups is 1. The van der Waals surface area contributed by atoms with Crippen molar-refractivity contribution < 1.29 is 18.3 Å². The van der Waals surface area contributed by atoms with Crippen molar-refractivity contribution in [2.45, 2.75) is 13.5 Å². The Kier molecular flexibility index (Phi) is 6.90. The maximum atomic E-state index is 12.0. The number of nitrogens with one attached hydrogen (secondary N) is 1. The molecule has 3 aromatic carbocycles. The fourth-order valence-corrected chi connectivity index (χ4v) is 4.75. The first kappa shape index (κ1) is 23.8. The van der Waals surface area contributed by atoms with Gasteiger partial charge in [0.05, 0.1) is 6.26 Å². The third-order valence-electron chi connectivity index (χ3n) is 6.00. The van der Waals surface area contributed by atoms with E-state index in [0.29, 0.717) is 5.56 Å². The van der Waals surface area contributed by atoms with Crippen LogP contribution in [0.4, 0.5) is 5.69 Å². The molecule has 0 unspecified atom stereocenters. The maximum Gasteiger partial charge on any atom is 0.264 e. The standard InChI is InChI=1S/C26H29N3O4S/c1-19-16-20(6-11-25(19)22-4-3-5-24(30)17-22)18-28-12-14-29(15-13-28)23-9-7-21(8-10-23)26(31)27-34(2,32)33/h3-11,16-17,30H,12-15,18H2,1-2H3,(H,27,31). The van der Waals surface area contributed by atoms with Gasteiger partial charge in [0.2, 0.25) is 10.0 Å². The third kappa shape index (κ3) is 5.95. The van der Waals surface area contributed by atoms with Crippen molar-refractivity contribution >= 4 is 21.6 Å².